The summed E-state index contributed by atoms with van der Waals surface area (Å²) in [5, 5.41) is 0.877. The number of thioether (sulfide) groups is 1. The summed E-state index contributed by atoms with van der Waals surface area (Å²) in [7, 11) is 0. The first-order chi connectivity index (χ1) is 8.54. The van der Waals surface area contributed by atoms with Crippen LogP contribution in [0.2, 0.25) is 0 Å². The maximum Gasteiger partial charge on any atom is 0.416 e. The van der Waals surface area contributed by atoms with Crippen LogP contribution < -0.4 is 0 Å². The van der Waals surface area contributed by atoms with Crippen molar-refractivity contribution >= 4 is 11.8 Å². The highest BCUT2D eigenvalue weighted by molar-refractivity contribution is 7.99. The molecular formula is C12H9F3N2S. The van der Waals surface area contributed by atoms with Gasteiger partial charge in [-0.25, -0.2) is 4.98 Å². The molecule has 2 nitrogen and oxygen atoms in total. The molecule has 0 spiro atoms. The van der Waals surface area contributed by atoms with Crippen LogP contribution >= 0.6 is 11.8 Å². The van der Waals surface area contributed by atoms with Crippen LogP contribution in [0.1, 0.15) is 5.56 Å². The highest BCUT2D eigenvalue weighted by atomic mass is 32.2. The summed E-state index contributed by atoms with van der Waals surface area (Å²) < 4.78 is 39.8. The van der Waals surface area contributed by atoms with Crippen molar-refractivity contribution in [1.82, 2.24) is 9.55 Å². The third-order valence-corrected chi connectivity index (χ3v) is 3.76. The Balaban J connectivity index is 2.01. The lowest BCUT2D eigenvalue weighted by molar-refractivity contribution is -0.137. The first kappa shape index (κ1) is 11.6. The van der Waals surface area contributed by atoms with Gasteiger partial charge in [-0.3, -0.25) is 0 Å². The number of benzene rings is 1. The second kappa shape index (κ2) is 4.05. The summed E-state index contributed by atoms with van der Waals surface area (Å²) in [5.74, 6) is 0.977. The van der Waals surface area contributed by atoms with Gasteiger partial charge in [0.1, 0.15) is 0 Å². The molecular weight excluding hydrogens is 261 g/mol. The zero-order chi connectivity index (χ0) is 12.8. The maximum absolute atomic E-state index is 12.6. The molecule has 0 aliphatic carbocycles. The minimum atomic E-state index is -4.31. The van der Waals surface area contributed by atoms with Crippen LogP contribution in [0.15, 0.2) is 35.6 Å². The van der Waals surface area contributed by atoms with Gasteiger partial charge in [0.2, 0.25) is 0 Å². The second-order valence-electron chi connectivity index (χ2n) is 4.03. The van der Waals surface area contributed by atoms with Gasteiger partial charge in [0, 0.05) is 24.1 Å². The molecule has 0 saturated heterocycles. The molecule has 2 heterocycles. The van der Waals surface area contributed by atoms with Crippen molar-refractivity contribution < 1.29 is 13.2 Å². The Kier molecular flexibility index (Phi) is 2.62. The molecule has 1 aromatic heterocycles. The van der Waals surface area contributed by atoms with Crippen molar-refractivity contribution in [2.24, 2.45) is 0 Å². The van der Waals surface area contributed by atoms with Crippen molar-refractivity contribution in [3.05, 3.63) is 36.0 Å². The van der Waals surface area contributed by atoms with E-state index < -0.39 is 11.7 Å². The molecule has 2 aromatic rings. The number of rotatable bonds is 1. The monoisotopic (exact) mass is 270 g/mol. The number of imidazole rings is 1. The summed E-state index contributed by atoms with van der Waals surface area (Å²) in [4.78, 5) is 4.34. The van der Waals surface area contributed by atoms with Gasteiger partial charge in [0.05, 0.1) is 11.3 Å². The molecule has 0 radical (unpaired) electrons. The Hall–Kier alpha value is -1.43. The first-order valence-corrected chi connectivity index (χ1v) is 6.40. The summed E-state index contributed by atoms with van der Waals surface area (Å²) >= 11 is 1.62. The predicted octanol–water partition coefficient (Wildman–Crippen LogP) is 3.67. The first-order valence-electron chi connectivity index (χ1n) is 5.42. The molecule has 3 rings (SSSR count). The Labute approximate surface area is 106 Å². The van der Waals surface area contributed by atoms with Gasteiger partial charge in [-0.2, -0.15) is 13.2 Å². The van der Waals surface area contributed by atoms with E-state index in [0.717, 1.165) is 29.6 Å². The molecule has 1 aliphatic heterocycles. The minimum absolute atomic E-state index is 0.507. The van der Waals surface area contributed by atoms with Crippen LogP contribution in [0.3, 0.4) is 0 Å². The van der Waals surface area contributed by atoms with Gasteiger partial charge in [-0.05, 0) is 12.1 Å². The van der Waals surface area contributed by atoms with Crippen LogP contribution in [0, 0.1) is 0 Å². The minimum Gasteiger partial charge on any atom is -0.325 e. The van der Waals surface area contributed by atoms with Crippen LogP contribution in [0.25, 0.3) is 11.3 Å². The Bertz CT molecular complexity index is 568. The number of nitrogens with zero attached hydrogens (tertiary/aromatic N) is 2. The summed E-state index contributed by atoms with van der Waals surface area (Å²) in [6.07, 6.45) is -2.50. The van der Waals surface area contributed by atoms with Gasteiger partial charge < -0.3 is 4.57 Å². The summed E-state index contributed by atoms with van der Waals surface area (Å²) in [5.41, 5.74) is 0.469. The van der Waals surface area contributed by atoms with Crippen LogP contribution in [0.4, 0.5) is 13.2 Å². The maximum atomic E-state index is 12.6. The van der Waals surface area contributed by atoms with Crippen molar-refractivity contribution in [2.75, 3.05) is 5.75 Å². The van der Waals surface area contributed by atoms with Crippen LogP contribution in [-0.4, -0.2) is 15.3 Å². The standard InChI is InChI=1S/C12H9F3N2S/c13-12(14,15)9-3-1-2-8(6-9)10-7-17-4-5-18-11(17)16-10/h1-3,6-7H,4-5H2. The molecule has 0 atom stereocenters. The van der Waals surface area contributed by atoms with E-state index in [0.29, 0.717) is 11.3 Å². The molecule has 0 fully saturated rings. The SMILES string of the molecule is FC(F)(F)c1cccc(-c2cn3c(n2)SCC3)c1. The van der Waals surface area contributed by atoms with E-state index in [1.165, 1.54) is 6.07 Å². The van der Waals surface area contributed by atoms with Gasteiger partial charge in [0.25, 0.3) is 0 Å². The Morgan fingerprint density at radius 3 is 2.83 bits per heavy atom. The van der Waals surface area contributed by atoms with Crippen LogP contribution in [-0.2, 0) is 12.7 Å². The van der Waals surface area contributed by atoms with E-state index in [-0.39, 0.29) is 0 Å². The fourth-order valence-electron chi connectivity index (χ4n) is 1.90. The lowest BCUT2D eigenvalue weighted by Crippen LogP contribution is -2.04. The Morgan fingerprint density at radius 1 is 1.28 bits per heavy atom. The molecule has 94 valence electrons. The van der Waals surface area contributed by atoms with Gasteiger partial charge in [0.15, 0.2) is 5.16 Å². The lowest BCUT2D eigenvalue weighted by Gasteiger charge is -2.07. The topological polar surface area (TPSA) is 17.8 Å². The Morgan fingerprint density at radius 2 is 2.11 bits per heavy atom. The van der Waals surface area contributed by atoms with Gasteiger partial charge >= 0.3 is 6.18 Å². The van der Waals surface area contributed by atoms with Crippen molar-refractivity contribution in [3.63, 3.8) is 0 Å². The zero-order valence-corrected chi connectivity index (χ0v) is 10.1. The zero-order valence-electron chi connectivity index (χ0n) is 9.24. The summed E-state index contributed by atoms with van der Waals surface area (Å²) in [6.45, 7) is 0.867. The number of aromatic nitrogens is 2. The molecule has 0 amide bonds. The van der Waals surface area contributed by atoms with E-state index >= 15 is 0 Å². The molecule has 0 unspecified atom stereocenters. The van der Waals surface area contributed by atoms with Gasteiger partial charge in [-0.1, -0.05) is 23.9 Å². The van der Waals surface area contributed by atoms with Gasteiger partial charge in [-0.15, -0.1) is 0 Å². The highest BCUT2D eigenvalue weighted by Crippen LogP contribution is 2.33. The number of alkyl halides is 3. The van der Waals surface area contributed by atoms with Crippen molar-refractivity contribution in [3.8, 4) is 11.3 Å². The molecule has 0 saturated carbocycles. The molecule has 0 bridgehead atoms. The normalized spacial score (nSPS) is 14.8. The average molecular weight is 270 g/mol. The van der Waals surface area contributed by atoms with E-state index in [9.17, 15) is 13.2 Å². The molecule has 18 heavy (non-hydrogen) atoms. The van der Waals surface area contributed by atoms with E-state index in [1.54, 1.807) is 17.8 Å². The molecule has 6 heteroatoms. The van der Waals surface area contributed by atoms with E-state index in [1.807, 2.05) is 10.8 Å². The third kappa shape index (κ3) is 2.01. The predicted molar refractivity (Wildman–Crippen MR) is 63.4 cm³/mol. The molecule has 1 aliphatic rings. The molecule has 0 N–H and O–H groups in total. The van der Waals surface area contributed by atoms with E-state index in [4.69, 9.17) is 0 Å². The number of halogens is 3. The average Bonchev–Trinajstić information content (AvgIpc) is 2.88. The largest absolute Gasteiger partial charge is 0.416 e. The fraction of sp³-hybridized carbons (Fsp3) is 0.250. The summed E-state index contributed by atoms with van der Waals surface area (Å²) in [6, 6.07) is 5.28. The van der Waals surface area contributed by atoms with Crippen molar-refractivity contribution in [2.45, 2.75) is 17.9 Å². The van der Waals surface area contributed by atoms with E-state index in [2.05, 4.69) is 4.98 Å². The van der Waals surface area contributed by atoms with Crippen molar-refractivity contribution in [1.29, 1.82) is 0 Å². The lowest BCUT2D eigenvalue weighted by atomic mass is 10.1. The highest BCUT2D eigenvalue weighted by Gasteiger charge is 2.30. The number of aryl methyl sites for hydroxylation is 1. The number of fused-ring (bicyclic) bond motifs is 1. The third-order valence-electron chi connectivity index (χ3n) is 2.79. The number of hydrogen-bond donors (Lipinski definition) is 0. The number of hydrogen-bond acceptors (Lipinski definition) is 2. The second-order valence-corrected chi connectivity index (χ2v) is 5.09. The fourth-order valence-corrected chi connectivity index (χ4v) is 2.85. The van der Waals surface area contributed by atoms with Crippen LogP contribution in [0.5, 0.6) is 0 Å². The quantitative estimate of drug-likeness (QED) is 0.786. The smallest absolute Gasteiger partial charge is 0.325 e. The molecule has 1 aromatic carbocycles.